The number of aryl methyl sites for hydroxylation is 4. The van der Waals surface area contributed by atoms with E-state index in [0.29, 0.717) is 49.1 Å². The number of hydrogen-bond donors (Lipinski definition) is 2. The van der Waals surface area contributed by atoms with Gasteiger partial charge in [0.2, 0.25) is 0 Å². The van der Waals surface area contributed by atoms with E-state index in [1.54, 1.807) is 50.9 Å². The molecular weight excluding hydrogens is 951 g/mol. The molecule has 9 rings (SSSR count). The van der Waals surface area contributed by atoms with Gasteiger partial charge < -0.3 is 39.0 Å². The summed E-state index contributed by atoms with van der Waals surface area (Å²) in [5, 5.41) is 22.8. The van der Waals surface area contributed by atoms with Crippen molar-refractivity contribution in [2.45, 2.75) is 90.8 Å². The summed E-state index contributed by atoms with van der Waals surface area (Å²) in [5.41, 5.74) is 8.19. The molecule has 6 amide bonds. The first-order valence-electron chi connectivity index (χ1n) is 24.3. The van der Waals surface area contributed by atoms with Crippen LogP contribution in [0.1, 0.15) is 92.6 Å². The molecular formula is C56H59N5O13. The van der Waals surface area contributed by atoms with Crippen LogP contribution in [0.2, 0.25) is 0 Å². The van der Waals surface area contributed by atoms with Crippen LogP contribution in [-0.4, -0.2) is 126 Å². The Morgan fingerprint density at radius 3 is 1.45 bits per heavy atom. The molecule has 0 aromatic heterocycles. The van der Waals surface area contributed by atoms with Crippen LogP contribution in [0.15, 0.2) is 97.3 Å². The molecule has 0 aliphatic carbocycles. The van der Waals surface area contributed by atoms with Crippen LogP contribution in [0.3, 0.4) is 0 Å². The third-order valence-electron chi connectivity index (χ3n) is 14.1. The fourth-order valence-electron chi connectivity index (χ4n) is 9.66. The van der Waals surface area contributed by atoms with Crippen molar-refractivity contribution in [1.29, 1.82) is 0 Å². The maximum absolute atomic E-state index is 13.8. The highest BCUT2D eigenvalue weighted by Crippen LogP contribution is 2.42. The summed E-state index contributed by atoms with van der Waals surface area (Å²) in [6.07, 6.45) is 4.11. The number of carbonyl (C=O) groups excluding carboxylic acids is 7. The molecule has 0 unspecified atom stereocenters. The van der Waals surface area contributed by atoms with E-state index < -0.39 is 43.3 Å². The van der Waals surface area contributed by atoms with E-state index in [1.807, 2.05) is 76.2 Å². The standard InChI is InChI=1S/C33H35N3O8.C23H24N2O5/c1-20-15-26-27(16-21(20)2)36(33(42)44-19-24(37)7-5-4-6-14-34-29(38)12-13-30(34)39)32(41)28-17-23(18-35(28)31(26)40)22-8-10-25(43-3)11-9-22;1-13-9-18-19(10-14(13)2)25(23(28)30-4)22(27)20-11-16(12-24(20)21(18)26)15-5-7-17(29-3)8-6-15/h8-13,15-16,18,28,32,41H,4-7,14,17,19H2,1-3H3;5-10,12,20,22,27H,11H2,1-4H3/t28-,32-;20-,22-/m00/s1. The quantitative estimate of drug-likeness (QED) is 0.105. The Balaban J connectivity index is 0.000000211. The molecule has 4 aromatic rings. The second-order valence-electron chi connectivity index (χ2n) is 18.7. The normalized spacial score (nSPS) is 19.6. The smallest absolute Gasteiger partial charge is 0.416 e. The Kier molecular flexibility index (Phi) is 15.5. The summed E-state index contributed by atoms with van der Waals surface area (Å²) in [6, 6.07) is 20.4. The maximum Gasteiger partial charge on any atom is 0.416 e. The average Bonchev–Trinajstić information content (AvgIpc) is 4.12. The molecule has 5 heterocycles. The van der Waals surface area contributed by atoms with Gasteiger partial charge in [-0.3, -0.25) is 28.9 Å². The number of ketones is 1. The van der Waals surface area contributed by atoms with Gasteiger partial charge in [0, 0.05) is 37.5 Å². The molecule has 386 valence electrons. The largest absolute Gasteiger partial charge is 0.497 e. The van der Waals surface area contributed by atoms with E-state index in [-0.39, 0.29) is 53.6 Å². The van der Waals surface area contributed by atoms with Crippen LogP contribution < -0.4 is 19.3 Å². The second kappa shape index (κ2) is 21.9. The van der Waals surface area contributed by atoms with Gasteiger partial charge in [0.1, 0.15) is 11.5 Å². The minimum Gasteiger partial charge on any atom is -0.497 e. The number of ether oxygens (including phenoxy) is 4. The van der Waals surface area contributed by atoms with Crippen LogP contribution >= 0.6 is 0 Å². The number of rotatable bonds is 12. The fourth-order valence-corrected chi connectivity index (χ4v) is 9.66. The molecule has 4 aromatic carbocycles. The van der Waals surface area contributed by atoms with E-state index in [2.05, 4.69) is 0 Å². The first-order valence-corrected chi connectivity index (χ1v) is 24.3. The monoisotopic (exact) mass is 1010 g/mol. The average molecular weight is 1010 g/mol. The predicted molar refractivity (Wildman–Crippen MR) is 273 cm³/mol. The molecule has 4 atom stereocenters. The zero-order valence-corrected chi connectivity index (χ0v) is 42.3. The van der Waals surface area contributed by atoms with Gasteiger partial charge in [-0.25, -0.2) is 19.4 Å². The van der Waals surface area contributed by atoms with Crippen molar-refractivity contribution < 1.29 is 62.7 Å². The zero-order chi connectivity index (χ0) is 53.1. The number of aliphatic hydroxyl groups is 2. The first-order chi connectivity index (χ1) is 35.4. The van der Waals surface area contributed by atoms with Gasteiger partial charge in [0.15, 0.2) is 24.8 Å². The van der Waals surface area contributed by atoms with Gasteiger partial charge in [-0.05, 0) is 146 Å². The number of anilines is 2. The number of imide groups is 1. The lowest BCUT2D eigenvalue weighted by atomic mass is 10.0. The number of unbranched alkanes of at least 4 members (excludes halogenated alkanes) is 2. The minimum atomic E-state index is -1.44. The van der Waals surface area contributed by atoms with Crippen molar-refractivity contribution in [3.63, 3.8) is 0 Å². The van der Waals surface area contributed by atoms with E-state index in [0.717, 1.165) is 60.1 Å². The molecule has 18 nitrogen and oxygen atoms in total. The lowest BCUT2D eigenvalue weighted by Gasteiger charge is -2.31. The minimum absolute atomic E-state index is 0.148. The molecule has 18 heteroatoms. The molecule has 0 radical (unpaired) electrons. The Bertz CT molecular complexity index is 2980. The molecule has 74 heavy (non-hydrogen) atoms. The summed E-state index contributed by atoms with van der Waals surface area (Å²) in [5.74, 6) is -0.165. The van der Waals surface area contributed by atoms with E-state index in [1.165, 1.54) is 34.0 Å². The van der Waals surface area contributed by atoms with Crippen LogP contribution in [-0.2, 0) is 23.9 Å². The Hall–Kier alpha value is -8.09. The third-order valence-corrected chi connectivity index (χ3v) is 14.1. The summed E-state index contributed by atoms with van der Waals surface area (Å²) < 4.78 is 20.8. The molecule has 5 aliphatic heterocycles. The van der Waals surface area contributed by atoms with Crippen molar-refractivity contribution in [3.05, 3.63) is 142 Å². The van der Waals surface area contributed by atoms with Crippen LogP contribution in [0.5, 0.6) is 11.5 Å². The Morgan fingerprint density at radius 2 is 1.01 bits per heavy atom. The number of methoxy groups -OCH3 is 3. The number of hydrogen-bond acceptors (Lipinski definition) is 13. The lowest BCUT2D eigenvalue weighted by molar-refractivity contribution is -0.137. The van der Waals surface area contributed by atoms with E-state index >= 15 is 0 Å². The number of Topliss-reactive ketones (excluding diaryl/α,β-unsaturated/α-hetero) is 1. The third kappa shape index (κ3) is 10.4. The molecule has 5 aliphatic rings. The van der Waals surface area contributed by atoms with Gasteiger partial charge in [-0.2, -0.15) is 0 Å². The van der Waals surface area contributed by atoms with Crippen LogP contribution in [0, 0.1) is 27.7 Å². The van der Waals surface area contributed by atoms with Gasteiger partial charge in [0.25, 0.3) is 23.6 Å². The maximum atomic E-state index is 13.8. The molecule has 0 fully saturated rings. The lowest BCUT2D eigenvalue weighted by Crippen LogP contribution is -2.50. The first kappa shape index (κ1) is 52.2. The van der Waals surface area contributed by atoms with E-state index in [4.69, 9.17) is 18.9 Å². The topological polar surface area (TPSA) is 213 Å². The molecule has 0 spiro atoms. The molecule has 0 bridgehead atoms. The van der Waals surface area contributed by atoms with Crippen LogP contribution in [0.25, 0.3) is 11.1 Å². The summed E-state index contributed by atoms with van der Waals surface area (Å²) in [6.45, 7) is 7.31. The van der Waals surface area contributed by atoms with Crippen molar-refractivity contribution in [1.82, 2.24) is 14.7 Å². The summed E-state index contributed by atoms with van der Waals surface area (Å²) in [7, 11) is 4.44. The highest BCUT2D eigenvalue weighted by Gasteiger charge is 2.47. The highest BCUT2D eigenvalue weighted by molar-refractivity contribution is 6.13. The highest BCUT2D eigenvalue weighted by atomic mass is 16.6. The van der Waals surface area contributed by atoms with Crippen molar-refractivity contribution in [2.24, 2.45) is 0 Å². The zero-order valence-electron chi connectivity index (χ0n) is 42.3. The number of carbonyl (C=O) groups is 7. The predicted octanol–water partition coefficient (Wildman–Crippen LogP) is 7.37. The van der Waals surface area contributed by atoms with Crippen molar-refractivity contribution in [3.8, 4) is 11.5 Å². The fraction of sp³-hybridized carbons (Fsp3) is 0.339. The Labute approximate surface area is 428 Å². The molecule has 0 saturated carbocycles. The van der Waals surface area contributed by atoms with Crippen LogP contribution in [0.4, 0.5) is 21.0 Å². The van der Waals surface area contributed by atoms with Gasteiger partial charge in [-0.1, -0.05) is 30.7 Å². The van der Waals surface area contributed by atoms with Crippen molar-refractivity contribution in [2.75, 3.05) is 44.3 Å². The molecule has 2 N–H and O–H groups in total. The summed E-state index contributed by atoms with van der Waals surface area (Å²) >= 11 is 0. The number of fused-ring (bicyclic) bond motifs is 4. The Morgan fingerprint density at radius 1 is 0.581 bits per heavy atom. The number of nitrogens with zero attached hydrogens (tertiary/aromatic N) is 5. The van der Waals surface area contributed by atoms with Gasteiger partial charge >= 0.3 is 12.2 Å². The van der Waals surface area contributed by atoms with Gasteiger partial charge in [0.05, 0.1) is 55.9 Å². The number of benzene rings is 4. The van der Waals surface area contributed by atoms with E-state index in [9.17, 15) is 43.8 Å². The SMILES string of the molecule is COC(=O)N1c2cc(C)c(C)cc2C(=O)N2C=C(c3ccc(OC)cc3)C[C@H]2[C@@H]1O.COc1ccc(C2=CN3C(=O)c4cc(C)c(C)cc4N(C(=O)OCC(=O)CCCCCN4C(=O)C=CC4=O)[C@@H](O)[C@@H]3C2)cc1. The summed E-state index contributed by atoms with van der Waals surface area (Å²) in [4.78, 5) is 95.5. The molecule has 0 saturated heterocycles. The number of aliphatic hydroxyl groups excluding tert-OH is 2. The number of amides is 6. The second-order valence-corrected chi connectivity index (χ2v) is 18.7. The van der Waals surface area contributed by atoms with Crippen molar-refractivity contribution >= 4 is 64.1 Å². The van der Waals surface area contributed by atoms with Gasteiger partial charge in [-0.15, -0.1) is 0 Å².